The minimum absolute atomic E-state index is 0.109. The zero-order valence-corrected chi connectivity index (χ0v) is 15.0. The van der Waals surface area contributed by atoms with E-state index in [1.165, 1.54) is 35.9 Å². The quantitative estimate of drug-likeness (QED) is 0.711. The largest absolute Gasteiger partial charge is 0.383 e. The van der Waals surface area contributed by atoms with Crippen LogP contribution in [0, 0.1) is 11.3 Å². The van der Waals surface area contributed by atoms with Crippen LogP contribution in [0.1, 0.15) is 21.5 Å². The fourth-order valence-corrected chi connectivity index (χ4v) is 2.81. The van der Waals surface area contributed by atoms with Crippen molar-refractivity contribution in [3.8, 4) is 6.07 Å². The molecule has 1 heterocycles. The Morgan fingerprint density at radius 3 is 2.39 bits per heavy atom. The number of aromatic nitrogens is 2. The molecule has 0 radical (unpaired) electrons. The lowest BCUT2D eigenvalue weighted by Crippen LogP contribution is -2.39. The summed E-state index contributed by atoms with van der Waals surface area (Å²) in [4.78, 5) is 40.7. The highest BCUT2D eigenvalue weighted by Crippen LogP contribution is 2.18. The van der Waals surface area contributed by atoms with Gasteiger partial charge < -0.3 is 10.6 Å². The zero-order chi connectivity index (χ0) is 20.3. The van der Waals surface area contributed by atoms with Crippen molar-refractivity contribution in [3.05, 3.63) is 92.1 Å². The summed E-state index contributed by atoms with van der Waals surface area (Å²) in [6, 6.07) is 17.1. The van der Waals surface area contributed by atoms with Crippen LogP contribution in [0.5, 0.6) is 0 Å². The predicted octanol–water partition coefficient (Wildman–Crippen LogP) is 1.32. The zero-order valence-electron chi connectivity index (χ0n) is 15.0. The number of benzene rings is 2. The van der Waals surface area contributed by atoms with Gasteiger partial charge in [0.25, 0.3) is 11.5 Å². The van der Waals surface area contributed by atoms with Crippen molar-refractivity contribution in [2.24, 2.45) is 0 Å². The maximum absolute atomic E-state index is 12.8. The molecule has 8 heteroatoms. The highest BCUT2D eigenvalue weighted by molar-refractivity contribution is 6.06. The van der Waals surface area contributed by atoms with Crippen LogP contribution in [-0.2, 0) is 6.54 Å². The van der Waals surface area contributed by atoms with Crippen LogP contribution in [-0.4, -0.2) is 22.5 Å². The summed E-state index contributed by atoms with van der Waals surface area (Å²) in [5.74, 6) is -0.603. The van der Waals surface area contributed by atoms with Gasteiger partial charge in [-0.25, -0.2) is 4.79 Å². The topological polar surface area (TPSA) is 125 Å². The first-order valence-corrected chi connectivity index (χ1v) is 8.37. The molecular formula is C20H17N5O3. The number of hydrogen-bond donors (Lipinski definition) is 2. The van der Waals surface area contributed by atoms with Gasteiger partial charge in [0.2, 0.25) is 0 Å². The van der Waals surface area contributed by atoms with Gasteiger partial charge in [-0.1, -0.05) is 30.3 Å². The first-order valence-electron chi connectivity index (χ1n) is 8.37. The van der Waals surface area contributed by atoms with E-state index in [4.69, 9.17) is 11.0 Å². The lowest BCUT2D eigenvalue weighted by atomic mass is 10.1. The molecule has 2 aromatic carbocycles. The first-order chi connectivity index (χ1) is 13.4. The number of nitrogens with zero attached hydrogens (tertiary/aromatic N) is 3. The average Bonchev–Trinajstić information content (AvgIpc) is 2.71. The van der Waals surface area contributed by atoms with Crippen LogP contribution in [0.4, 0.5) is 11.5 Å². The minimum Gasteiger partial charge on any atom is -0.383 e. The molecule has 140 valence electrons. The van der Waals surface area contributed by atoms with Crippen LogP contribution in [0.15, 0.2) is 64.2 Å². The number of anilines is 2. The Labute approximate surface area is 160 Å². The SMILES string of the molecule is CN(C(=O)c1ccc(C#N)cc1)c1c(N)n(Cc2ccccc2)c(=O)[nH]c1=O. The number of nitrogens with one attached hydrogen (secondary N) is 1. The third-order valence-corrected chi connectivity index (χ3v) is 4.30. The molecule has 0 aliphatic heterocycles. The number of nitriles is 1. The highest BCUT2D eigenvalue weighted by Gasteiger charge is 2.22. The number of amides is 1. The fourth-order valence-electron chi connectivity index (χ4n) is 2.81. The van der Waals surface area contributed by atoms with Gasteiger partial charge in [-0.2, -0.15) is 5.26 Å². The van der Waals surface area contributed by atoms with E-state index in [-0.39, 0.29) is 23.6 Å². The second-order valence-electron chi connectivity index (χ2n) is 6.12. The van der Waals surface area contributed by atoms with Crippen molar-refractivity contribution in [2.45, 2.75) is 6.54 Å². The molecule has 0 bridgehead atoms. The van der Waals surface area contributed by atoms with Gasteiger partial charge in [-0.05, 0) is 29.8 Å². The third-order valence-electron chi connectivity index (χ3n) is 4.30. The third kappa shape index (κ3) is 3.54. The van der Waals surface area contributed by atoms with Gasteiger partial charge in [0.05, 0.1) is 18.2 Å². The number of nitrogens with two attached hydrogens (primary N) is 1. The van der Waals surface area contributed by atoms with Gasteiger partial charge in [0, 0.05) is 12.6 Å². The van der Waals surface area contributed by atoms with E-state index in [9.17, 15) is 14.4 Å². The maximum atomic E-state index is 12.8. The fraction of sp³-hybridized carbons (Fsp3) is 0.100. The Kier molecular flexibility index (Phi) is 5.09. The molecular weight excluding hydrogens is 358 g/mol. The molecule has 0 atom stereocenters. The van der Waals surface area contributed by atoms with Crippen molar-refractivity contribution in [2.75, 3.05) is 17.7 Å². The Morgan fingerprint density at radius 2 is 1.79 bits per heavy atom. The Morgan fingerprint density at radius 1 is 1.14 bits per heavy atom. The number of hydrogen-bond acceptors (Lipinski definition) is 5. The molecule has 0 fully saturated rings. The van der Waals surface area contributed by atoms with Gasteiger partial charge >= 0.3 is 5.69 Å². The molecule has 8 nitrogen and oxygen atoms in total. The molecule has 0 unspecified atom stereocenters. The molecule has 0 aliphatic carbocycles. The molecule has 28 heavy (non-hydrogen) atoms. The normalized spacial score (nSPS) is 10.3. The Bertz CT molecular complexity index is 1170. The van der Waals surface area contributed by atoms with Gasteiger partial charge in [-0.15, -0.1) is 0 Å². The summed E-state index contributed by atoms with van der Waals surface area (Å²) in [5, 5.41) is 8.87. The molecule has 0 saturated heterocycles. The lowest BCUT2D eigenvalue weighted by molar-refractivity contribution is 0.0992. The van der Waals surface area contributed by atoms with Crippen molar-refractivity contribution in [1.82, 2.24) is 9.55 Å². The molecule has 3 aromatic rings. The summed E-state index contributed by atoms with van der Waals surface area (Å²) in [5.41, 5.74) is 6.07. The smallest absolute Gasteiger partial charge is 0.330 e. The predicted molar refractivity (Wildman–Crippen MR) is 105 cm³/mol. The number of aromatic amines is 1. The van der Waals surface area contributed by atoms with E-state index in [1.807, 2.05) is 36.4 Å². The second-order valence-corrected chi connectivity index (χ2v) is 6.12. The van der Waals surface area contributed by atoms with Crippen LogP contribution in [0.3, 0.4) is 0 Å². The van der Waals surface area contributed by atoms with E-state index in [0.717, 1.165) is 10.5 Å². The van der Waals surface area contributed by atoms with E-state index < -0.39 is 17.2 Å². The molecule has 1 aromatic heterocycles. The average molecular weight is 375 g/mol. The van der Waals surface area contributed by atoms with Gasteiger partial charge in [0.15, 0.2) is 5.69 Å². The van der Waals surface area contributed by atoms with E-state index >= 15 is 0 Å². The summed E-state index contributed by atoms with van der Waals surface area (Å²) < 4.78 is 1.20. The molecule has 0 spiro atoms. The number of carbonyl (C=O) groups excluding carboxylic acids is 1. The molecule has 0 aliphatic rings. The standard InChI is InChI=1S/C20H17N5O3/c1-24(19(27)15-9-7-13(11-21)8-10-15)16-17(22)25(20(28)23-18(16)26)12-14-5-3-2-4-6-14/h2-10H,12,22H2,1H3,(H,23,26,28). The van der Waals surface area contributed by atoms with Gasteiger partial charge in [0.1, 0.15) is 5.82 Å². The molecule has 3 N–H and O–H groups in total. The first kappa shape index (κ1) is 18.7. The number of nitrogen functional groups attached to an aromatic ring is 1. The Balaban J connectivity index is 2.02. The van der Waals surface area contributed by atoms with Crippen molar-refractivity contribution in [3.63, 3.8) is 0 Å². The van der Waals surface area contributed by atoms with Crippen LogP contribution >= 0.6 is 0 Å². The van der Waals surface area contributed by atoms with Crippen molar-refractivity contribution >= 4 is 17.4 Å². The molecule has 0 saturated carbocycles. The number of H-pyrrole nitrogens is 1. The van der Waals surface area contributed by atoms with E-state index in [2.05, 4.69) is 4.98 Å². The summed E-state index contributed by atoms with van der Waals surface area (Å²) in [6.45, 7) is 0.147. The lowest BCUT2D eigenvalue weighted by Gasteiger charge is -2.20. The van der Waals surface area contributed by atoms with Crippen molar-refractivity contribution in [1.29, 1.82) is 5.26 Å². The summed E-state index contributed by atoms with van der Waals surface area (Å²) in [6.07, 6.45) is 0. The van der Waals surface area contributed by atoms with E-state index in [0.29, 0.717) is 5.56 Å². The monoisotopic (exact) mass is 375 g/mol. The minimum atomic E-state index is -0.753. The number of rotatable bonds is 4. The summed E-state index contributed by atoms with van der Waals surface area (Å²) >= 11 is 0. The van der Waals surface area contributed by atoms with Crippen molar-refractivity contribution < 1.29 is 4.79 Å². The van der Waals surface area contributed by atoms with Crippen LogP contribution in [0.2, 0.25) is 0 Å². The van der Waals surface area contributed by atoms with Crippen LogP contribution in [0.25, 0.3) is 0 Å². The molecule has 3 rings (SSSR count). The Hall–Kier alpha value is -4.12. The van der Waals surface area contributed by atoms with Crippen LogP contribution < -0.4 is 21.9 Å². The van der Waals surface area contributed by atoms with Gasteiger partial charge in [-0.3, -0.25) is 19.1 Å². The second kappa shape index (κ2) is 7.63. The summed E-state index contributed by atoms with van der Waals surface area (Å²) in [7, 11) is 1.40. The highest BCUT2D eigenvalue weighted by atomic mass is 16.2. The van der Waals surface area contributed by atoms with E-state index in [1.54, 1.807) is 0 Å². The molecule has 1 amide bonds. The maximum Gasteiger partial charge on any atom is 0.330 e. The number of carbonyl (C=O) groups is 1.